The molecule has 0 spiro atoms. The molecule has 0 aliphatic carbocycles. The first kappa shape index (κ1) is 24.3. The number of hydrogen-bond acceptors (Lipinski definition) is 5. The molecule has 7 nitrogen and oxygen atoms in total. The molecule has 0 bridgehead atoms. The van der Waals surface area contributed by atoms with Gasteiger partial charge in [0.15, 0.2) is 0 Å². The van der Waals surface area contributed by atoms with E-state index in [9.17, 15) is 19.1 Å². The molecule has 5 rings (SSSR count). The van der Waals surface area contributed by atoms with Gasteiger partial charge in [-0.3, -0.25) is 9.59 Å². The number of ether oxygens (including phenoxy) is 2. The zero-order chi connectivity index (χ0) is 25.9. The van der Waals surface area contributed by atoms with E-state index in [2.05, 4.69) is 4.98 Å². The third-order valence-electron chi connectivity index (χ3n) is 6.41. The number of aliphatic hydroxyl groups excluding tert-OH is 1. The second-order valence-corrected chi connectivity index (χ2v) is 8.72. The van der Waals surface area contributed by atoms with Gasteiger partial charge in [0.2, 0.25) is 0 Å². The molecular formula is C29H25FN2O5. The Balaban J connectivity index is 1.55. The SMILES string of the molecule is COCCN1C(=O)C(=O)/C(=C(\O)c2c[nH]c3ccccc23)C1c1cccc(OCc2ccc(F)cc2)c1. The number of methoxy groups -OCH3 is 1. The number of halogens is 1. The Kier molecular flexibility index (Phi) is 6.74. The average molecular weight is 501 g/mol. The van der Waals surface area contributed by atoms with Crippen molar-refractivity contribution in [2.75, 3.05) is 20.3 Å². The molecule has 2 N–H and O–H groups in total. The maximum absolute atomic E-state index is 13.2. The monoisotopic (exact) mass is 500 g/mol. The molecule has 1 unspecified atom stereocenters. The number of aromatic nitrogens is 1. The lowest BCUT2D eigenvalue weighted by atomic mass is 9.95. The van der Waals surface area contributed by atoms with Gasteiger partial charge >= 0.3 is 0 Å². The molecule has 1 aliphatic rings. The number of ketones is 1. The number of likely N-dealkylation sites (tertiary alicyclic amines) is 1. The van der Waals surface area contributed by atoms with Crippen LogP contribution in [0.25, 0.3) is 16.7 Å². The second-order valence-electron chi connectivity index (χ2n) is 8.72. The third kappa shape index (κ3) is 4.71. The number of amides is 1. The minimum absolute atomic E-state index is 0.00143. The Labute approximate surface area is 212 Å². The number of H-pyrrole nitrogens is 1. The molecule has 8 heteroatoms. The number of rotatable bonds is 8. The summed E-state index contributed by atoms with van der Waals surface area (Å²) < 4.78 is 24.3. The maximum atomic E-state index is 13.2. The van der Waals surface area contributed by atoms with Crippen molar-refractivity contribution >= 4 is 28.4 Å². The van der Waals surface area contributed by atoms with Crippen molar-refractivity contribution in [1.82, 2.24) is 9.88 Å². The van der Waals surface area contributed by atoms with Crippen LogP contribution >= 0.6 is 0 Å². The average Bonchev–Trinajstić information content (AvgIpc) is 3.46. The Morgan fingerprint density at radius 1 is 1.05 bits per heavy atom. The number of nitrogens with zero attached hydrogens (tertiary/aromatic N) is 1. The van der Waals surface area contributed by atoms with Crippen LogP contribution in [0, 0.1) is 5.82 Å². The summed E-state index contributed by atoms with van der Waals surface area (Å²) >= 11 is 0. The van der Waals surface area contributed by atoms with E-state index in [-0.39, 0.29) is 36.9 Å². The van der Waals surface area contributed by atoms with Crippen LogP contribution in [0.3, 0.4) is 0 Å². The molecule has 0 saturated carbocycles. The summed E-state index contributed by atoms with van der Waals surface area (Å²) in [6, 6.07) is 19.6. The summed E-state index contributed by atoms with van der Waals surface area (Å²) in [6.45, 7) is 0.595. The van der Waals surface area contributed by atoms with Crippen LogP contribution < -0.4 is 4.74 Å². The Bertz CT molecular complexity index is 1490. The van der Waals surface area contributed by atoms with Gasteiger partial charge in [-0.2, -0.15) is 0 Å². The normalized spacial score (nSPS) is 17.0. The van der Waals surface area contributed by atoms with E-state index in [1.165, 1.54) is 24.1 Å². The van der Waals surface area contributed by atoms with E-state index in [4.69, 9.17) is 9.47 Å². The lowest BCUT2D eigenvalue weighted by Crippen LogP contribution is -2.32. The second kappa shape index (κ2) is 10.3. The van der Waals surface area contributed by atoms with Crippen molar-refractivity contribution in [1.29, 1.82) is 0 Å². The number of para-hydroxylation sites is 1. The van der Waals surface area contributed by atoms with Gasteiger partial charge in [-0.25, -0.2) is 4.39 Å². The molecule has 2 heterocycles. The highest BCUT2D eigenvalue weighted by molar-refractivity contribution is 6.46. The standard InChI is InChI=1S/C29H25FN2O5/c1-36-14-13-32-26(19-5-4-6-21(15-19)37-17-18-9-11-20(30)12-10-18)25(28(34)29(32)35)27(33)23-16-31-24-8-3-2-7-22(23)24/h2-12,15-16,26,31,33H,13-14,17H2,1H3/b27-25-. The molecule has 1 saturated heterocycles. The fourth-order valence-corrected chi connectivity index (χ4v) is 4.58. The predicted molar refractivity (Wildman–Crippen MR) is 136 cm³/mol. The molecule has 188 valence electrons. The highest BCUT2D eigenvalue weighted by atomic mass is 19.1. The van der Waals surface area contributed by atoms with Crippen LogP contribution in [-0.2, 0) is 20.9 Å². The van der Waals surface area contributed by atoms with E-state index in [1.54, 1.807) is 42.6 Å². The summed E-state index contributed by atoms with van der Waals surface area (Å²) in [4.78, 5) is 30.8. The predicted octanol–water partition coefficient (Wildman–Crippen LogP) is 4.95. The Hall–Kier alpha value is -4.43. The molecule has 1 atom stereocenters. The maximum Gasteiger partial charge on any atom is 0.295 e. The lowest BCUT2D eigenvalue weighted by molar-refractivity contribution is -0.140. The summed E-state index contributed by atoms with van der Waals surface area (Å²) in [5.74, 6) is -1.54. The Morgan fingerprint density at radius 2 is 1.84 bits per heavy atom. The van der Waals surface area contributed by atoms with Gasteiger partial charge in [0, 0.05) is 36.3 Å². The van der Waals surface area contributed by atoms with Crippen molar-refractivity contribution in [3.8, 4) is 5.75 Å². The van der Waals surface area contributed by atoms with Gasteiger partial charge in [0.1, 0.15) is 23.9 Å². The van der Waals surface area contributed by atoms with Gasteiger partial charge in [-0.05, 0) is 41.5 Å². The summed E-state index contributed by atoms with van der Waals surface area (Å²) in [7, 11) is 1.52. The summed E-state index contributed by atoms with van der Waals surface area (Å²) in [5, 5.41) is 12.1. The minimum Gasteiger partial charge on any atom is -0.507 e. The van der Waals surface area contributed by atoms with Crippen LogP contribution in [0.1, 0.15) is 22.7 Å². The number of benzene rings is 3. The quantitative estimate of drug-likeness (QED) is 0.203. The number of aromatic amines is 1. The highest BCUT2D eigenvalue weighted by Crippen LogP contribution is 2.41. The van der Waals surface area contributed by atoms with Crippen LogP contribution in [0.2, 0.25) is 0 Å². The van der Waals surface area contributed by atoms with Gasteiger partial charge in [0.25, 0.3) is 11.7 Å². The minimum atomic E-state index is -0.835. The lowest BCUT2D eigenvalue weighted by Gasteiger charge is -2.25. The third-order valence-corrected chi connectivity index (χ3v) is 6.41. The number of Topliss-reactive ketones (excluding diaryl/α,β-unsaturated/α-hetero) is 1. The highest BCUT2D eigenvalue weighted by Gasteiger charge is 2.46. The number of aliphatic hydroxyl groups is 1. The van der Waals surface area contributed by atoms with E-state index in [0.29, 0.717) is 16.9 Å². The van der Waals surface area contributed by atoms with E-state index in [1.807, 2.05) is 24.3 Å². The van der Waals surface area contributed by atoms with Crippen molar-refractivity contribution in [2.45, 2.75) is 12.6 Å². The van der Waals surface area contributed by atoms with Gasteiger partial charge in [-0.15, -0.1) is 0 Å². The van der Waals surface area contributed by atoms with Crippen molar-refractivity contribution < 1.29 is 28.6 Å². The van der Waals surface area contributed by atoms with Crippen molar-refractivity contribution in [2.24, 2.45) is 0 Å². The molecule has 0 radical (unpaired) electrons. The first-order valence-electron chi connectivity index (χ1n) is 11.8. The van der Waals surface area contributed by atoms with E-state index >= 15 is 0 Å². The summed E-state index contributed by atoms with van der Waals surface area (Å²) in [6.07, 6.45) is 1.63. The topological polar surface area (TPSA) is 91.9 Å². The largest absolute Gasteiger partial charge is 0.507 e. The van der Waals surface area contributed by atoms with Gasteiger partial charge in [-0.1, -0.05) is 42.5 Å². The molecule has 1 fully saturated rings. The zero-order valence-corrected chi connectivity index (χ0v) is 20.1. The van der Waals surface area contributed by atoms with Gasteiger partial charge in [0.05, 0.1) is 18.2 Å². The summed E-state index contributed by atoms with van der Waals surface area (Å²) in [5.41, 5.74) is 2.63. The molecule has 37 heavy (non-hydrogen) atoms. The molecule has 3 aromatic carbocycles. The van der Waals surface area contributed by atoms with Crippen LogP contribution in [0.4, 0.5) is 4.39 Å². The van der Waals surface area contributed by atoms with E-state index in [0.717, 1.165) is 16.5 Å². The van der Waals surface area contributed by atoms with Crippen LogP contribution in [0.5, 0.6) is 5.75 Å². The fraction of sp³-hybridized carbons (Fsp3) is 0.172. The number of hydrogen-bond donors (Lipinski definition) is 2. The first-order chi connectivity index (χ1) is 18.0. The van der Waals surface area contributed by atoms with Crippen LogP contribution in [0.15, 0.2) is 84.6 Å². The fourth-order valence-electron chi connectivity index (χ4n) is 4.58. The number of carbonyl (C=O) groups is 2. The first-order valence-corrected chi connectivity index (χ1v) is 11.8. The smallest absolute Gasteiger partial charge is 0.295 e. The molecule has 4 aromatic rings. The molecule has 1 aromatic heterocycles. The van der Waals surface area contributed by atoms with E-state index < -0.39 is 17.7 Å². The number of fused-ring (bicyclic) bond motifs is 1. The zero-order valence-electron chi connectivity index (χ0n) is 20.1. The van der Waals surface area contributed by atoms with Crippen molar-refractivity contribution in [3.63, 3.8) is 0 Å². The number of carbonyl (C=O) groups excluding carboxylic acids is 2. The molecule has 1 aliphatic heterocycles. The molecule has 1 amide bonds. The number of nitrogens with one attached hydrogen (secondary N) is 1. The Morgan fingerprint density at radius 3 is 2.62 bits per heavy atom. The van der Waals surface area contributed by atoms with Crippen molar-refractivity contribution in [3.05, 3.63) is 107 Å². The van der Waals surface area contributed by atoms with Crippen LogP contribution in [-0.4, -0.2) is 46.9 Å². The molecular weight excluding hydrogens is 475 g/mol. The van der Waals surface area contributed by atoms with Gasteiger partial charge < -0.3 is 24.5 Å².